The van der Waals surface area contributed by atoms with E-state index in [1.165, 1.54) is 32.1 Å². The number of hydrogen-bond acceptors (Lipinski definition) is 3. The van der Waals surface area contributed by atoms with Crippen LogP contribution in [0.4, 0.5) is 0 Å². The van der Waals surface area contributed by atoms with Gasteiger partial charge in [0.05, 0.1) is 5.41 Å². The van der Waals surface area contributed by atoms with E-state index in [1.54, 1.807) is 7.11 Å². The minimum atomic E-state index is -0.516. The smallest absolute Gasteiger partial charge is 0.314 e. The molecule has 4 unspecified atom stereocenters. The molecule has 0 aromatic rings. The van der Waals surface area contributed by atoms with E-state index < -0.39 is 11.7 Å². The Labute approximate surface area is 174 Å². The fourth-order valence-electron chi connectivity index (χ4n) is 6.45. The van der Waals surface area contributed by atoms with Gasteiger partial charge in [-0.05, 0) is 80.0 Å². The highest BCUT2D eigenvalue weighted by molar-refractivity contribution is 5.77. The van der Waals surface area contributed by atoms with Gasteiger partial charge in [-0.1, -0.05) is 48.5 Å². The van der Waals surface area contributed by atoms with Crippen LogP contribution in [0.3, 0.4) is 0 Å². The molecule has 2 saturated carbocycles. The van der Waals surface area contributed by atoms with Crippen molar-refractivity contribution in [2.45, 2.75) is 107 Å². The molecule has 0 spiro atoms. The van der Waals surface area contributed by atoms with Crippen molar-refractivity contribution in [2.75, 3.05) is 7.11 Å². The molecule has 164 valence electrons. The van der Waals surface area contributed by atoms with Crippen LogP contribution < -0.4 is 0 Å². The lowest BCUT2D eigenvalue weighted by molar-refractivity contribution is -0.201. The minimum Gasteiger partial charge on any atom is -0.435 e. The molecule has 0 heterocycles. The molecule has 2 aliphatic carbocycles. The zero-order chi connectivity index (χ0) is 21.3. The predicted octanol–water partition coefficient (Wildman–Crippen LogP) is 6.84. The van der Waals surface area contributed by atoms with Crippen molar-refractivity contribution in [3.8, 4) is 0 Å². The third-order valence-corrected chi connectivity index (χ3v) is 7.78. The topological polar surface area (TPSA) is 35.5 Å². The molecule has 3 nitrogen and oxygen atoms in total. The maximum absolute atomic E-state index is 13.4. The summed E-state index contributed by atoms with van der Waals surface area (Å²) in [5.74, 6) is 2.71. The van der Waals surface area contributed by atoms with Crippen LogP contribution in [0.1, 0.15) is 100 Å². The second-order valence-corrected chi connectivity index (χ2v) is 12.1. The van der Waals surface area contributed by atoms with Gasteiger partial charge in [-0.15, -0.1) is 0 Å². The van der Waals surface area contributed by atoms with Crippen molar-refractivity contribution < 1.29 is 14.3 Å². The summed E-state index contributed by atoms with van der Waals surface area (Å²) in [7, 11) is 1.70. The van der Waals surface area contributed by atoms with Crippen molar-refractivity contribution in [3.05, 3.63) is 0 Å². The standard InChI is InChI=1S/C25H46O3/c1-17(2)12-24(8,23(5,6)7)22(26)28-21(27-9)16-25-13-18(3)10-20(15-25)11-19(4)14-25/h17-21H,10-16H2,1-9H3. The van der Waals surface area contributed by atoms with Gasteiger partial charge in [0.25, 0.3) is 0 Å². The minimum absolute atomic E-state index is 0.0961. The first kappa shape index (κ1) is 23.7. The molecule has 0 aromatic carbocycles. The molecule has 0 aliphatic heterocycles. The van der Waals surface area contributed by atoms with Gasteiger partial charge in [0, 0.05) is 13.5 Å². The largest absolute Gasteiger partial charge is 0.435 e. The van der Waals surface area contributed by atoms with E-state index in [-0.39, 0.29) is 16.8 Å². The Morgan fingerprint density at radius 2 is 1.57 bits per heavy atom. The van der Waals surface area contributed by atoms with Crippen LogP contribution in [0.2, 0.25) is 0 Å². The molecule has 3 heteroatoms. The number of ether oxygens (including phenoxy) is 2. The first-order valence-corrected chi connectivity index (χ1v) is 11.5. The third kappa shape index (κ3) is 5.32. The van der Waals surface area contributed by atoms with Crippen LogP contribution in [0.5, 0.6) is 0 Å². The zero-order valence-electron chi connectivity index (χ0n) is 20.1. The highest BCUT2D eigenvalue weighted by Crippen LogP contribution is 2.55. The fourth-order valence-corrected chi connectivity index (χ4v) is 6.45. The average molecular weight is 395 g/mol. The van der Waals surface area contributed by atoms with Crippen molar-refractivity contribution in [3.63, 3.8) is 0 Å². The van der Waals surface area contributed by atoms with E-state index in [2.05, 4.69) is 55.4 Å². The van der Waals surface area contributed by atoms with Crippen LogP contribution in [0.15, 0.2) is 0 Å². The predicted molar refractivity (Wildman–Crippen MR) is 116 cm³/mol. The zero-order valence-corrected chi connectivity index (χ0v) is 20.1. The summed E-state index contributed by atoms with van der Waals surface area (Å²) in [5.41, 5.74) is -0.399. The number of carbonyl (C=O) groups excluding carboxylic acids is 1. The van der Waals surface area contributed by atoms with Crippen LogP contribution in [-0.4, -0.2) is 19.4 Å². The number of esters is 1. The Morgan fingerprint density at radius 1 is 1.04 bits per heavy atom. The highest BCUT2D eigenvalue weighted by Gasteiger charge is 2.49. The molecule has 2 aliphatic rings. The van der Waals surface area contributed by atoms with Crippen LogP contribution in [0.25, 0.3) is 0 Å². The molecule has 2 rings (SSSR count). The fraction of sp³-hybridized carbons (Fsp3) is 0.960. The van der Waals surface area contributed by atoms with Gasteiger partial charge >= 0.3 is 5.97 Å². The first-order chi connectivity index (χ1) is 12.8. The lowest BCUT2D eigenvalue weighted by atomic mass is 9.55. The summed E-state index contributed by atoms with van der Waals surface area (Å²) in [6.07, 6.45) is 7.73. The number of rotatable bonds is 7. The third-order valence-electron chi connectivity index (χ3n) is 7.78. The molecule has 0 amide bonds. The summed E-state index contributed by atoms with van der Waals surface area (Å²) in [6.45, 7) is 17.7. The van der Waals surface area contributed by atoms with E-state index in [4.69, 9.17) is 9.47 Å². The van der Waals surface area contributed by atoms with Gasteiger partial charge in [-0.3, -0.25) is 4.79 Å². The Hall–Kier alpha value is -0.570. The number of methoxy groups -OCH3 is 1. The summed E-state index contributed by atoms with van der Waals surface area (Å²) in [5, 5.41) is 0. The first-order valence-electron chi connectivity index (χ1n) is 11.5. The maximum atomic E-state index is 13.4. The van der Waals surface area contributed by atoms with Gasteiger partial charge in [0.2, 0.25) is 6.29 Å². The molecule has 0 radical (unpaired) electrons. The number of carbonyl (C=O) groups is 1. The second kappa shape index (κ2) is 8.66. The maximum Gasteiger partial charge on any atom is 0.314 e. The average Bonchev–Trinajstić information content (AvgIpc) is 2.50. The Morgan fingerprint density at radius 3 is 2.00 bits per heavy atom. The Kier molecular flexibility index (Phi) is 7.33. The van der Waals surface area contributed by atoms with Crippen LogP contribution >= 0.6 is 0 Å². The van der Waals surface area contributed by atoms with Gasteiger partial charge in [-0.25, -0.2) is 0 Å². The summed E-state index contributed by atoms with van der Waals surface area (Å²) >= 11 is 0. The number of fused-ring (bicyclic) bond motifs is 2. The molecule has 28 heavy (non-hydrogen) atoms. The molecule has 2 fully saturated rings. The summed E-state index contributed by atoms with van der Waals surface area (Å²) in [6, 6.07) is 0. The second-order valence-electron chi connectivity index (χ2n) is 12.1. The van der Waals surface area contributed by atoms with Crippen molar-refractivity contribution in [1.82, 2.24) is 0 Å². The highest BCUT2D eigenvalue weighted by atomic mass is 16.7. The molecular formula is C25H46O3. The number of hydrogen-bond donors (Lipinski definition) is 0. The monoisotopic (exact) mass is 394 g/mol. The van der Waals surface area contributed by atoms with Gasteiger partial charge in [0.15, 0.2) is 0 Å². The molecule has 0 aromatic heterocycles. The van der Waals surface area contributed by atoms with Crippen LogP contribution in [0, 0.1) is 39.9 Å². The van der Waals surface area contributed by atoms with E-state index >= 15 is 0 Å². The SMILES string of the molecule is COC(CC12CC(C)CC(CC(C)C1)C2)OC(=O)C(C)(CC(C)C)C(C)(C)C. The molecular weight excluding hydrogens is 348 g/mol. The van der Waals surface area contributed by atoms with E-state index in [0.29, 0.717) is 5.92 Å². The normalized spacial score (nSPS) is 34.0. The van der Waals surface area contributed by atoms with Crippen molar-refractivity contribution >= 4 is 5.97 Å². The van der Waals surface area contributed by atoms with Crippen molar-refractivity contribution in [2.24, 2.45) is 39.9 Å². The summed E-state index contributed by atoms with van der Waals surface area (Å²) in [4.78, 5) is 13.4. The van der Waals surface area contributed by atoms with Gasteiger partial charge < -0.3 is 9.47 Å². The van der Waals surface area contributed by atoms with Gasteiger partial charge in [-0.2, -0.15) is 0 Å². The molecule has 4 atom stereocenters. The van der Waals surface area contributed by atoms with Gasteiger partial charge in [0.1, 0.15) is 0 Å². The lowest BCUT2D eigenvalue weighted by Gasteiger charge is -2.51. The van der Waals surface area contributed by atoms with E-state index in [0.717, 1.165) is 30.6 Å². The Bertz CT molecular complexity index is 513. The molecule has 0 N–H and O–H groups in total. The summed E-state index contributed by atoms with van der Waals surface area (Å²) < 4.78 is 11.8. The Balaban J connectivity index is 2.15. The molecule has 2 bridgehead atoms. The van der Waals surface area contributed by atoms with Crippen molar-refractivity contribution in [1.29, 1.82) is 0 Å². The van der Waals surface area contributed by atoms with Crippen LogP contribution in [-0.2, 0) is 14.3 Å². The lowest BCUT2D eigenvalue weighted by Crippen LogP contribution is -2.46. The van der Waals surface area contributed by atoms with E-state index in [1.807, 2.05) is 0 Å². The quantitative estimate of drug-likeness (QED) is 0.350. The van der Waals surface area contributed by atoms with E-state index in [9.17, 15) is 4.79 Å². The molecule has 0 saturated heterocycles.